The molecule has 0 atom stereocenters. The maximum absolute atomic E-state index is 11.1. The van der Waals surface area contributed by atoms with Crippen LogP contribution < -0.4 is 5.32 Å². The maximum atomic E-state index is 11.1. The number of azo groups is 1. The first-order chi connectivity index (χ1) is 11.9. The number of nitrogens with zero attached hydrogens (tertiary/aromatic N) is 4. The van der Waals surface area contributed by atoms with Gasteiger partial charge in [-0.3, -0.25) is 9.20 Å². The highest BCUT2D eigenvalue weighted by Gasteiger charge is 2.11. The number of aromatic nitrogens is 2. The molecule has 0 unspecified atom stereocenters. The Balaban J connectivity index is 1.95. The molecule has 3 rings (SSSR count). The van der Waals surface area contributed by atoms with E-state index < -0.39 is 5.97 Å². The SMILES string of the molecule is CC(=O)Nc1cccc(N=Nc2c(C)nc3cc(C(=O)O)ccn23)c1. The van der Waals surface area contributed by atoms with Crippen molar-refractivity contribution in [2.45, 2.75) is 13.8 Å². The highest BCUT2D eigenvalue weighted by Crippen LogP contribution is 2.25. The number of anilines is 1. The summed E-state index contributed by atoms with van der Waals surface area (Å²) < 4.78 is 1.67. The van der Waals surface area contributed by atoms with Crippen LogP contribution in [0.4, 0.5) is 17.2 Å². The number of pyridine rings is 1. The van der Waals surface area contributed by atoms with E-state index in [9.17, 15) is 9.59 Å². The van der Waals surface area contributed by atoms with Gasteiger partial charge in [-0.15, -0.1) is 10.2 Å². The van der Waals surface area contributed by atoms with E-state index in [2.05, 4.69) is 20.5 Å². The fourth-order valence-corrected chi connectivity index (χ4v) is 2.36. The molecule has 2 N–H and O–H groups in total. The molecular formula is C17H15N5O3. The van der Waals surface area contributed by atoms with E-state index in [0.717, 1.165) is 0 Å². The number of carboxylic acid groups (broad SMARTS) is 1. The van der Waals surface area contributed by atoms with Gasteiger partial charge in [-0.05, 0) is 37.3 Å². The molecule has 0 radical (unpaired) electrons. The van der Waals surface area contributed by atoms with Gasteiger partial charge < -0.3 is 10.4 Å². The molecule has 3 aromatic rings. The van der Waals surface area contributed by atoms with Crippen LogP contribution in [0.1, 0.15) is 23.0 Å². The van der Waals surface area contributed by atoms with Gasteiger partial charge in [0, 0.05) is 18.8 Å². The van der Waals surface area contributed by atoms with Crippen molar-refractivity contribution in [3.63, 3.8) is 0 Å². The quantitative estimate of drug-likeness (QED) is 0.707. The fourth-order valence-electron chi connectivity index (χ4n) is 2.36. The molecule has 0 fully saturated rings. The van der Waals surface area contributed by atoms with Crippen LogP contribution in [0.15, 0.2) is 52.8 Å². The number of carbonyl (C=O) groups excluding carboxylic acids is 1. The molecule has 2 aromatic heterocycles. The van der Waals surface area contributed by atoms with Crippen molar-refractivity contribution in [3.05, 3.63) is 53.9 Å². The largest absolute Gasteiger partial charge is 0.478 e. The number of hydrogen-bond acceptors (Lipinski definition) is 5. The fraction of sp³-hybridized carbons (Fsp3) is 0.118. The van der Waals surface area contributed by atoms with Crippen molar-refractivity contribution in [1.82, 2.24) is 9.38 Å². The Morgan fingerprint density at radius 1 is 1.20 bits per heavy atom. The van der Waals surface area contributed by atoms with Gasteiger partial charge in [0.25, 0.3) is 0 Å². The minimum atomic E-state index is -1.01. The normalized spacial score (nSPS) is 11.1. The van der Waals surface area contributed by atoms with E-state index >= 15 is 0 Å². The van der Waals surface area contributed by atoms with Gasteiger partial charge in [-0.2, -0.15) is 0 Å². The van der Waals surface area contributed by atoms with E-state index in [1.165, 1.54) is 19.1 Å². The monoisotopic (exact) mass is 337 g/mol. The lowest BCUT2D eigenvalue weighted by molar-refractivity contribution is -0.114. The molecule has 0 spiro atoms. The van der Waals surface area contributed by atoms with Gasteiger partial charge in [0.15, 0.2) is 5.82 Å². The first-order valence-electron chi connectivity index (χ1n) is 7.45. The van der Waals surface area contributed by atoms with Crippen LogP contribution in [0.25, 0.3) is 5.65 Å². The van der Waals surface area contributed by atoms with Crippen LogP contribution in [0.2, 0.25) is 0 Å². The van der Waals surface area contributed by atoms with E-state index in [1.807, 2.05) is 0 Å². The summed E-state index contributed by atoms with van der Waals surface area (Å²) in [6.45, 7) is 3.21. The predicted molar refractivity (Wildman–Crippen MR) is 91.8 cm³/mol. The zero-order valence-corrected chi connectivity index (χ0v) is 13.6. The van der Waals surface area contributed by atoms with E-state index in [4.69, 9.17) is 5.11 Å². The molecule has 0 aliphatic carbocycles. The van der Waals surface area contributed by atoms with Crippen LogP contribution in [0.5, 0.6) is 0 Å². The predicted octanol–water partition coefficient (Wildman–Crippen LogP) is 3.71. The number of amides is 1. The number of hydrogen-bond donors (Lipinski definition) is 2. The number of carbonyl (C=O) groups is 2. The zero-order valence-electron chi connectivity index (χ0n) is 13.6. The van der Waals surface area contributed by atoms with Gasteiger partial charge >= 0.3 is 5.97 Å². The number of aryl methyl sites for hydroxylation is 1. The lowest BCUT2D eigenvalue weighted by atomic mass is 10.3. The third kappa shape index (κ3) is 3.52. The Kier molecular flexibility index (Phi) is 4.25. The van der Waals surface area contributed by atoms with Crippen LogP contribution in [0, 0.1) is 6.92 Å². The summed E-state index contributed by atoms with van der Waals surface area (Å²) in [5.74, 6) is -0.668. The van der Waals surface area contributed by atoms with Crippen molar-refractivity contribution < 1.29 is 14.7 Å². The Labute approximate surface area is 142 Å². The second kappa shape index (κ2) is 6.52. The molecule has 1 amide bonds. The second-order valence-corrected chi connectivity index (χ2v) is 5.40. The summed E-state index contributed by atoms with van der Waals surface area (Å²) in [4.78, 5) is 26.5. The number of aromatic carboxylic acids is 1. The topological polar surface area (TPSA) is 108 Å². The molecule has 126 valence electrons. The average molecular weight is 337 g/mol. The molecule has 0 aliphatic rings. The Morgan fingerprint density at radius 2 is 2.00 bits per heavy atom. The minimum absolute atomic E-state index is 0.156. The third-order valence-electron chi connectivity index (χ3n) is 3.44. The summed E-state index contributed by atoms with van der Waals surface area (Å²) in [5, 5.41) is 20.1. The van der Waals surface area contributed by atoms with Crippen molar-refractivity contribution in [2.24, 2.45) is 10.2 Å². The van der Waals surface area contributed by atoms with E-state index in [1.54, 1.807) is 41.8 Å². The van der Waals surface area contributed by atoms with Crippen LogP contribution in [-0.4, -0.2) is 26.4 Å². The second-order valence-electron chi connectivity index (χ2n) is 5.40. The number of nitrogens with one attached hydrogen (secondary N) is 1. The van der Waals surface area contributed by atoms with Crippen molar-refractivity contribution in [1.29, 1.82) is 0 Å². The summed E-state index contributed by atoms with van der Waals surface area (Å²) >= 11 is 0. The number of benzene rings is 1. The van der Waals surface area contributed by atoms with Gasteiger partial charge in [0.2, 0.25) is 5.91 Å². The van der Waals surface area contributed by atoms with Gasteiger partial charge in [-0.1, -0.05) is 6.07 Å². The standard InChI is InChI=1S/C17H15N5O3/c1-10-16(22-7-6-12(17(24)25)8-15(22)18-10)21-20-14-5-3-4-13(9-14)19-11(2)23/h3-9H,1-2H3,(H,19,23)(H,24,25). The van der Waals surface area contributed by atoms with Gasteiger partial charge in [0.1, 0.15) is 5.65 Å². The highest BCUT2D eigenvalue weighted by molar-refractivity contribution is 5.89. The summed E-state index contributed by atoms with van der Waals surface area (Å²) in [6, 6.07) is 9.94. The highest BCUT2D eigenvalue weighted by atomic mass is 16.4. The lowest BCUT2D eigenvalue weighted by Crippen LogP contribution is -2.04. The molecule has 0 saturated heterocycles. The molecule has 0 saturated carbocycles. The number of rotatable bonds is 4. The maximum Gasteiger partial charge on any atom is 0.335 e. The molecule has 8 heteroatoms. The Hall–Kier alpha value is -3.55. The van der Waals surface area contributed by atoms with E-state index in [-0.39, 0.29) is 11.5 Å². The first kappa shape index (κ1) is 16.3. The summed E-state index contributed by atoms with van der Waals surface area (Å²) in [5.41, 5.74) is 2.47. The van der Waals surface area contributed by atoms with Crippen LogP contribution in [0.3, 0.4) is 0 Å². The molecular weight excluding hydrogens is 322 g/mol. The van der Waals surface area contributed by atoms with Crippen molar-refractivity contribution in [2.75, 3.05) is 5.32 Å². The molecule has 25 heavy (non-hydrogen) atoms. The zero-order chi connectivity index (χ0) is 18.0. The Morgan fingerprint density at radius 3 is 2.72 bits per heavy atom. The van der Waals surface area contributed by atoms with Crippen molar-refractivity contribution >= 4 is 34.7 Å². The molecule has 0 aliphatic heterocycles. The van der Waals surface area contributed by atoms with Crippen LogP contribution in [-0.2, 0) is 4.79 Å². The first-order valence-corrected chi connectivity index (χ1v) is 7.45. The number of carboxylic acids is 1. The third-order valence-corrected chi connectivity index (χ3v) is 3.44. The summed E-state index contributed by atoms with van der Waals surface area (Å²) in [6.07, 6.45) is 1.60. The smallest absolute Gasteiger partial charge is 0.335 e. The Bertz CT molecular complexity index is 1010. The molecule has 2 heterocycles. The summed E-state index contributed by atoms with van der Waals surface area (Å²) in [7, 11) is 0. The van der Waals surface area contributed by atoms with E-state index in [0.29, 0.717) is 28.5 Å². The number of fused-ring (bicyclic) bond motifs is 1. The minimum Gasteiger partial charge on any atom is -0.478 e. The van der Waals surface area contributed by atoms with Crippen LogP contribution >= 0.6 is 0 Å². The molecule has 1 aromatic carbocycles. The molecule has 0 bridgehead atoms. The van der Waals surface area contributed by atoms with Gasteiger partial charge in [-0.25, -0.2) is 9.78 Å². The van der Waals surface area contributed by atoms with Crippen molar-refractivity contribution in [3.8, 4) is 0 Å². The van der Waals surface area contributed by atoms with Gasteiger partial charge in [0.05, 0.1) is 16.9 Å². The lowest BCUT2D eigenvalue weighted by Gasteiger charge is -2.02. The number of imidazole rings is 1. The average Bonchev–Trinajstić information content (AvgIpc) is 2.87. The molecule has 8 nitrogen and oxygen atoms in total.